The average molecular weight is 407 g/mol. The van der Waals surface area contributed by atoms with Gasteiger partial charge in [0.25, 0.3) is 0 Å². The van der Waals surface area contributed by atoms with Crippen LogP contribution in [0.2, 0.25) is 0 Å². The molecule has 7 nitrogen and oxygen atoms in total. The fraction of sp³-hybridized carbons (Fsp3) is 0.421. The molecule has 1 fully saturated rings. The molecule has 3 rings (SSSR count). The summed E-state index contributed by atoms with van der Waals surface area (Å²) in [6.07, 6.45) is -2.71. The predicted molar refractivity (Wildman–Crippen MR) is 99.1 cm³/mol. The van der Waals surface area contributed by atoms with E-state index in [0.717, 1.165) is 32.0 Å². The van der Waals surface area contributed by atoms with E-state index in [2.05, 4.69) is 20.8 Å². The van der Waals surface area contributed by atoms with E-state index in [0.29, 0.717) is 11.9 Å². The van der Waals surface area contributed by atoms with Gasteiger partial charge in [-0.05, 0) is 43.1 Å². The van der Waals surface area contributed by atoms with E-state index in [1.807, 2.05) is 6.07 Å². The van der Waals surface area contributed by atoms with Crippen molar-refractivity contribution in [3.8, 4) is 23.1 Å². The molecule has 0 spiro atoms. The van der Waals surface area contributed by atoms with Crippen molar-refractivity contribution in [1.29, 1.82) is 5.26 Å². The van der Waals surface area contributed by atoms with Gasteiger partial charge < -0.3 is 20.5 Å². The number of nitrogens with one attached hydrogen (secondary N) is 2. The minimum Gasteiger partial charge on any atom is -0.507 e. The van der Waals surface area contributed by atoms with Crippen LogP contribution in [0.3, 0.4) is 0 Å². The van der Waals surface area contributed by atoms with E-state index in [9.17, 15) is 23.5 Å². The molecule has 2 aromatic rings. The van der Waals surface area contributed by atoms with Crippen LogP contribution in [-0.4, -0.2) is 41.5 Å². The van der Waals surface area contributed by atoms with E-state index in [1.165, 1.54) is 13.2 Å². The first-order valence-corrected chi connectivity index (χ1v) is 9.01. The van der Waals surface area contributed by atoms with E-state index in [4.69, 9.17) is 4.74 Å². The molecule has 2 heterocycles. The van der Waals surface area contributed by atoms with Gasteiger partial charge in [0, 0.05) is 25.3 Å². The smallest absolute Gasteiger partial charge is 0.416 e. The Morgan fingerprint density at radius 2 is 2.14 bits per heavy atom. The van der Waals surface area contributed by atoms with Crippen molar-refractivity contribution in [3.63, 3.8) is 0 Å². The summed E-state index contributed by atoms with van der Waals surface area (Å²) < 4.78 is 44.2. The monoisotopic (exact) mass is 407 g/mol. The Hall–Kier alpha value is -2.90. The van der Waals surface area contributed by atoms with Gasteiger partial charge in [0.05, 0.1) is 23.4 Å². The molecule has 1 atom stereocenters. The largest absolute Gasteiger partial charge is 0.507 e. The third-order valence-electron chi connectivity index (χ3n) is 4.63. The first kappa shape index (κ1) is 20.8. The lowest BCUT2D eigenvalue weighted by atomic mass is 9.99. The van der Waals surface area contributed by atoms with Crippen LogP contribution in [-0.2, 0) is 17.5 Å². The molecule has 1 unspecified atom stereocenters. The number of phenols is 1. The van der Waals surface area contributed by atoms with Gasteiger partial charge in [-0.2, -0.15) is 18.4 Å². The zero-order chi connectivity index (χ0) is 21.0. The molecule has 0 amide bonds. The molecule has 1 aliphatic rings. The lowest BCUT2D eigenvalue weighted by Crippen LogP contribution is -2.38. The normalized spacial score (nSPS) is 17.0. The number of methoxy groups -OCH3 is 1. The fourth-order valence-corrected chi connectivity index (χ4v) is 3.29. The molecular formula is C19H20F3N5O2. The van der Waals surface area contributed by atoms with Crippen LogP contribution in [0.1, 0.15) is 29.5 Å². The highest BCUT2D eigenvalue weighted by atomic mass is 19.4. The van der Waals surface area contributed by atoms with Gasteiger partial charge in [-0.15, -0.1) is 10.2 Å². The lowest BCUT2D eigenvalue weighted by molar-refractivity contribution is -0.137. The highest BCUT2D eigenvalue weighted by Gasteiger charge is 2.33. The summed E-state index contributed by atoms with van der Waals surface area (Å²) >= 11 is 0. The first-order chi connectivity index (χ1) is 13.8. The maximum atomic E-state index is 13.1. The summed E-state index contributed by atoms with van der Waals surface area (Å²) in [5, 5.41) is 34.3. The number of aromatic hydroxyl groups is 1. The van der Waals surface area contributed by atoms with E-state index >= 15 is 0 Å². The number of phenolic OH excluding ortho intramolecular Hbond substituents is 1. The second-order valence-corrected chi connectivity index (χ2v) is 6.75. The SMILES string of the molecule is COCc1cc(C(F)(F)F)cc(O)c1-c1cc(C#N)c(NC2CCCNC2)nn1. The number of rotatable bonds is 5. The van der Waals surface area contributed by atoms with Crippen LogP contribution in [0.5, 0.6) is 5.75 Å². The number of piperidine rings is 1. The molecule has 1 aliphatic heterocycles. The molecular weight excluding hydrogens is 387 g/mol. The van der Waals surface area contributed by atoms with Gasteiger partial charge in [-0.3, -0.25) is 0 Å². The fourth-order valence-electron chi connectivity index (χ4n) is 3.29. The number of halogens is 3. The minimum absolute atomic E-state index is 0.0507. The number of alkyl halides is 3. The summed E-state index contributed by atoms with van der Waals surface area (Å²) in [5.41, 5.74) is -0.581. The van der Waals surface area contributed by atoms with Crippen molar-refractivity contribution in [2.45, 2.75) is 31.7 Å². The van der Waals surface area contributed by atoms with Gasteiger partial charge in [0.2, 0.25) is 0 Å². The zero-order valence-electron chi connectivity index (χ0n) is 15.7. The maximum Gasteiger partial charge on any atom is 0.416 e. The molecule has 29 heavy (non-hydrogen) atoms. The Bertz CT molecular complexity index is 921. The molecule has 1 aromatic heterocycles. The maximum absolute atomic E-state index is 13.1. The Kier molecular flexibility index (Phi) is 6.20. The van der Waals surface area contributed by atoms with Gasteiger partial charge >= 0.3 is 6.18 Å². The van der Waals surface area contributed by atoms with Gasteiger partial charge in [0.15, 0.2) is 5.82 Å². The van der Waals surface area contributed by atoms with E-state index in [-0.39, 0.29) is 35.0 Å². The number of hydrogen-bond acceptors (Lipinski definition) is 7. The summed E-state index contributed by atoms with van der Waals surface area (Å²) in [6, 6.07) is 5.04. The van der Waals surface area contributed by atoms with Crippen molar-refractivity contribution in [2.75, 3.05) is 25.5 Å². The van der Waals surface area contributed by atoms with Crippen LogP contribution >= 0.6 is 0 Å². The highest BCUT2D eigenvalue weighted by molar-refractivity contribution is 5.73. The van der Waals surface area contributed by atoms with Crippen molar-refractivity contribution >= 4 is 5.82 Å². The standard InChI is InChI=1S/C19H20F3N5O2/c1-29-10-12-5-13(19(20,21)22)7-16(28)17(12)15-6-11(8-23)18(27-26-15)25-14-3-2-4-24-9-14/h5-7,14,24,28H,2-4,9-10H2,1H3,(H,25,27). The summed E-state index contributed by atoms with van der Waals surface area (Å²) in [7, 11) is 1.33. The average Bonchev–Trinajstić information content (AvgIpc) is 2.68. The Morgan fingerprint density at radius 1 is 1.34 bits per heavy atom. The number of nitrogens with zero attached hydrogens (tertiary/aromatic N) is 3. The zero-order valence-corrected chi connectivity index (χ0v) is 15.7. The molecule has 1 saturated heterocycles. The minimum atomic E-state index is -4.62. The van der Waals surface area contributed by atoms with Crippen LogP contribution in [0.15, 0.2) is 18.2 Å². The number of anilines is 1. The van der Waals surface area contributed by atoms with Crippen molar-refractivity contribution in [2.24, 2.45) is 0 Å². The topological polar surface area (TPSA) is 103 Å². The summed E-state index contributed by atoms with van der Waals surface area (Å²) in [5.74, 6) is -0.313. The molecule has 10 heteroatoms. The molecule has 3 N–H and O–H groups in total. The highest BCUT2D eigenvalue weighted by Crippen LogP contribution is 2.39. The third kappa shape index (κ3) is 4.75. The van der Waals surface area contributed by atoms with E-state index < -0.39 is 17.5 Å². The predicted octanol–water partition coefficient (Wildman–Crippen LogP) is 3.05. The quantitative estimate of drug-likeness (QED) is 0.700. The van der Waals surface area contributed by atoms with Gasteiger partial charge in [-0.1, -0.05) is 0 Å². The van der Waals surface area contributed by atoms with Crippen LogP contribution in [0.4, 0.5) is 19.0 Å². The molecule has 1 aromatic carbocycles. The van der Waals surface area contributed by atoms with Crippen molar-refractivity contribution < 1.29 is 23.0 Å². The second-order valence-electron chi connectivity index (χ2n) is 6.75. The molecule has 154 valence electrons. The molecule has 0 aliphatic carbocycles. The number of ether oxygens (including phenoxy) is 1. The van der Waals surface area contributed by atoms with Crippen LogP contribution in [0.25, 0.3) is 11.3 Å². The summed E-state index contributed by atoms with van der Waals surface area (Å²) in [6.45, 7) is 1.49. The number of nitriles is 1. The Labute approximate surface area is 165 Å². The lowest BCUT2D eigenvalue weighted by Gasteiger charge is -2.24. The molecule has 0 saturated carbocycles. The van der Waals surface area contributed by atoms with E-state index in [1.54, 1.807) is 0 Å². The Morgan fingerprint density at radius 3 is 2.76 bits per heavy atom. The van der Waals surface area contributed by atoms with Crippen LogP contribution in [0, 0.1) is 11.3 Å². The number of hydrogen-bond donors (Lipinski definition) is 3. The number of benzene rings is 1. The van der Waals surface area contributed by atoms with Gasteiger partial charge in [-0.25, -0.2) is 0 Å². The van der Waals surface area contributed by atoms with Crippen molar-refractivity contribution in [1.82, 2.24) is 15.5 Å². The van der Waals surface area contributed by atoms with Crippen LogP contribution < -0.4 is 10.6 Å². The third-order valence-corrected chi connectivity index (χ3v) is 4.63. The molecule has 0 bridgehead atoms. The first-order valence-electron chi connectivity index (χ1n) is 9.01. The Balaban J connectivity index is 2.00. The van der Waals surface area contributed by atoms with Crippen molar-refractivity contribution in [3.05, 3.63) is 34.9 Å². The second kappa shape index (κ2) is 8.63. The summed E-state index contributed by atoms with van der Waals surface area (Å²) in [4.78, 5) is 0. The van der Waals surface area contributed by atoms with Gasteiger partial charge in [0.1, 0.15) is 11.8 Å². The number of aromatic nitrogens is 2. The molecule has 0 radical (unpaired) electrons.